The fraction of sp³-hybridized carbons (Fsp3) is 0.520. The molecule has 2 saturated heterocycles. The average molecular weight is 452 g/mol. The molecule has 6 nitrogen and oxygen atoms in total. The van der Waals surface area contributed by atoms with Crippen LogP contribution >= 0.6 is 11.3 Å². The van der Waals surface area contributed by atoms with Gasteiger partial charge < -0.3 is 14.7 Å². The summed E-state index contributed by atoms with van der Waals surface area (Å²) in [6.07, 6.45) is 9.26. The van der Waals surface area contributed by atoms with Crippen LogP contribution in [0.1, 0.15) is 55.9 Å². The van der Waals surface area contributed by atoms with E-state index in [9.17, 15) is 9.90 Å². The van der Waals surface area contributed by atoms with Crippen LogP contribution in [0.3, 0.4) is 0 Å². The van der Waals surface area contributed by atoms with Crippen molar-refractivity contribution in [1.82, 2.24) is 14.5 Å². The lowest BCUT2D eigenvalue weighted by molar-refractivity contribution is 0.0662. The predicted octanol–water partition coefficient (Wildman–Crippen LogP) is 4.28. The molecule has 1 aromatic carbocycles. The third-order valence-electron chi connectivity index (χ3n) is 7.51. The number of thiophene rings is 1. The first kappa shape index (κ1) is 20.4. The first-order valence-electron chi connectivity index (χ1n) is 11.7. The van der Waals surface area contributed by atoms with Gasteiger partial charge in [0.25, 0.3) is 5.56 Å². The Morgan fingerprint density at radius 3 is 2.56 bits per heavy atom. The van der Waals surface area contributed by atoms with Crippen molar-refractivity contribution >= 4 is 21.6 Å². The van der Waals surface area contributed by atoms with Crippen molar-refractivity contribution in [2.75, 3.05) is 7.05 Å². The highest BCUT2D eigenvalue weighted by atomic mass is 32.1. The Morgan fingerprint density at radius 1 is 1.16 bits per heavy atom. The zero-order valence-corrected chi connectivity index (χ0v) is 19.1. The third-order valence-corrected chi connectivity index (χ3v) is 8.72. The van der Waals surface area contributed by atoms with E-state index >= 15 is 0 Å². The van der Waals surface area contributed by atoms with Crippen LogP contribution < -0.4 is 10.3 Å². The second-order valence-corrected chi connectivity index (χ2v) is 10.8. The molecule has 4 atom stereocenters. The van der Waals surface area contributed by atoms with Crippen molar-refractivity contribution in [3.63, 3.8) is 0 Å². The van der Waals surface area contributed by atoms with E-state index in [2.05, 4.69) is 16.9 Å². The number of aliphatic hydroxyl groups is 1. The largest absolute Gasteiger partial charge is 0.490 e. The fourth-order valence-electron chi connectivity index (χ4n) is 5.40. The van der Waals surface area contributed by atoms with Gasteiger partial charge in [0.15, 0.2) is 0 Å². The van der Waals surface area contributed by atoms with Gasteiger partial charge in [0.05, 0.1) is 17.3 Å². The van der Waals surface area contributed by atoms with Gasteiger partial charge in [-0.3, -0.25) is 9.36 Å². The SMILES string of the molecule is CN1[C@@H]2CC[C@H]1CC(Oc1ccc(-n3cnc4cc(C(O)CC5CC5)sc4c3=O)cc1)C2. The molecule has 4 heterocycles. The van der Waals surface area contributed by atoms with Crippen LogP contribution in [-0.4, -0.2) is 44.8 Å². The van der Waals surface area contributed by atoms with Crippen LogP contribution in [0.2, 0.25) is 0 Å². The summed E-state index contributed by atoms with van der Waals surface area (Å²) < 4.78 is 8.46. The lowest BCUT2D eigenvalue weighted by Crippen LogP contribution is -2.43. The van der Waals surface area contributed by atoms with Crippen molar-refractivity contribution < 1.29 is 9.84 Å². The molecule has 6 rings (SSSR count). The maximum Gasteiger partial charge on any atom is 0.275 e. The number of hydrogen-bond donors (Lipinski definition) is 1. The minimum atomic E-state index is -0.499. The van der Waals surface area contributed by atoms with Crippen LogP contribution in [0.15, 0.2) is 41.5 Å². The highest BCUT2D eigenvalue weighted by Crippen LogP contribution is 2.40. The summed E-state index contributed by atoms with van der Waals surface area (Å²) in [7, 11) is 2.24. The molecule has 0 radical (unpaired) electrons. The molecule has 2 unspecified atom stereocenters. The molecule has 2 aromatic heterocycles. The predicted molar refractivity (Wildman–Crippen MR) is 126 cm³/mol. The highest BCUT2D eigenvalue weighted by Gasteiger charge is 2.39. The lowest BCUT2D eigenvalue weighted by atomic mass is 10.0. The smallest absolute Gasteiger partial charge is 0.275 e. The van der Waals surface area contributed by atoms with Crippen LogP contribution in [0.25, 0.3) is 15.9 Å². The quantitative estimate of drug-likeness (QED) is 0.606. The highest BCUT2D eigenvalue weighted by molar-refractivity contribution is 7.19. The summed E-state index contributed by atoms with van der Waals surface area (Å²) in [5.74, 6) is 1.48. The van der Waals surface area contributed by atoms with Gasteiger partial charge in [-0.1, -0.05) is 12.8 Å². The number of fused-ring (bicyclic) bond motifs is 3. The van der Waals surface area contributed by atoms with E-state index in [0.717, 1.165) is 35.6 Å². The van der Waals surface area contributed by atoms with E-state index in [1.165, 1.54) is 37.0 Å². The van der Waals surface area contributed by atoms with Gasteiger partial charge in [-0.05, 0) is 75.4 Å². The van der Waals surface area contributed by atoms with Crippen LogP contribution in [0.4, 0.5) is 0 Å². The van der Waals surface area contributed by atoms with Crippen molar-refractivity contribution in [2.45, 2.75) is 69.2 Å². The van der Waals surface area contributed by atoms with Gasteiger partial charge >= 0.3 is 0 Å². The molecule has 3 aromatic rings. The second-order valence-electron chi connectivity index (χ2n) is 9.73. The minimum Gasteiger partial charge on any atom is -0.490 e. The van der Waals surface area contributed by atoms with Gasteiger partial charge in [0.1, 0.15) is 22.9 Å². The molecule has 3 aliphatic rings. The molecule has 2 bridgehead atoms. The van der Waals surface area contributed by atoms with E-state index in [1.807, 2.05) is 30.3 Å². The Labute approximate surface area is 191 Å². The van der Waals surface area contributed by atoms with Gasteiger partial charge in [0.2, 0.25) is 0 Å². The summed E-state index contributed by atoms with van der Waals surface area (Å²) >= 11 is 1.37. The maximum absolute atomic E-state index is 13.1. The molecule has 1 saturated carbocycles. The minimum absolute atomic E-state index is 0.0922. The Bertz CT molecular complexity index is 1170. The third kappa shape index (κ3) is 3.76. The molecule has 3 fully saturated rings. The van der Waals surface area contributed by atoms with E-state index in [4.69, 9.17) is 4.74 Å². The standard InChI is InChI=1S/C25H29N3O3S/c1-27-17-4-5-18(27)12-20(11-17)31-19-8-6-16(7-9-19)28-14-26-21-13-23(32-24(21)25(28)30)22(29)10-15-2-3-15/h6-9,13-15,17-18,20,22,29H,2-5,10-12H2,1H3/t17-,18+,20?,22?. The molecular weight excluding hydrogens is 422 g/mol. The summed E-state index contributed by atoms with van der Waals surface area (Å²) in [6, 6.07) is 10.9. The number of hydrogen-bond acceptors (Lipinski definition) is 6. The summed E-state index contributed by atoms with van der Waals surface area (Å²) in [5.41, 5.74) is 1.34. The van der Waals surface area contributed by atoms with Crippen molar-refractivity contribution in [3.8, 4) is 11.4 Å². The molecule has 168 valence electrons. The monoisotopic (exact) mass is 451 g/mol. The van der Waals surface area contributed by atoms with E-state index < -0.39 is 6.10 Å². The van der Waals surface area contributed by atoms with Gasteiger partial charge in [0, 0.05) is 17.0 Å². The Balaban J connectivity index is 1.20. The molecule has 2 aliphatic heterocycles. The second kappa shape index (κ2) is 7.97. The molecule has 0 amide bonds. The van der Waals surface area contributed by atoms with Gasteiger partial charge in [-0.15, -0.1) is 11.3 Å². The maximum atomic E-state index is 13.1. The van der Waals surface area contributed by atoms with Gasteiger partial charge in [-0.25, -0.2) is 4.98 Å². The number of rotatable bonds is 6. The zero-order valence-electron chi connectivity index (χ0n) is 18.3. The fourth-order valence-corrected chi connectivity index (χ4v) is 6.44. The first-order valence-corrected chi connectivity index (χ1v) is 12.5. The molecule has 1 aliphatic carbocycles. The number of ether oxygens (including phenoxy) is 1. The van der Waals surface area contributed by atoms with Crippen LogP contribution in [-0.2, 0) is 0 Å². The Hall–Kier alpha value is -2.22. The Kier molecular flexibility index (Phi) is 5.08. The number of piperidine rings is 1. The van der Waals surface area contributed by atoms with E-state index in [-0.39, 0.29) is 11.7 Å². The molecule has 0 spiro atoms. The zero-order chi connectivity index (χ0) is 21.8. The summed E-state index contributed by atoms with van der Waals surface area (Å²) in [6.45, 7) is 0. The van der Waals surface area contributed by atoms with Crippen LogP contribution in [0.5, 0.6) is 5.75 Å². The summed E-state index contributed by atoms with van der Waals surface area (Å²) in [5, 5.41) is 10.5. The van der Waals surface area contributed by atoms with Gasteiger partial charge in [-0.2, -0.15) is 0 Å². The van der Waals surface area contributed by atoms with Crippen molar-refractivity contribution in [3.05, 3.63) is 51.9 Å². The molecule has 32 heavy (non-hydrogen) atoms. The van der Waals surface area contributed by atoms with E-state index in [1.54, 1.807) is 10.9 Å². The number of aliphatic hydroxyl groups excluding tert-OH is 1. The number of nitrogens with zero attached hydrogens (tertiary/aromatic N) is 3. The van der Waals surface area contributed by atoms with Crippen molar-refractivity contribution in [1.29, 1.82) is 0 Å². The topological polar surface area (TPSA) is 67.6 Å². The molecular formula is C25H29N3O3S. The average Bonchev–Trinajstić information content (AvgIpc) is 3.45. The molecule has 7 heteroatoms. The summed E-state index contributed by atoms with van der Waals surface area (Å²) in [4.78, 5) is 21.0. The Morgan fingerprint density at radius 2 is 1.88 bits per heavy atom. The van der Waals surface area contributed by atoms with E-state index in [0.29, 0.717) is 28.2 Å². The van der Waals surface area contributed by atoms with Crippen molar-refractivity contribution in [2.24, 2.45) is 5.92 Å². The normalized spacial score (nSPS) is 26.5. The molecule has 1 N–H and O–H groups in total. The lowest BCUT2D eigenvalue weighted by Gasteiger charge is -2.36. The number of benzene rings is 1. The van der Waals surface area contributed by atoms with Crippen LogP contribution in [0, 0.1) is 5.92 Å². The number of aromatic nitrogens is 2. The first-order chi connectivity index (χ1) is 15.5.